The normalized spacial score (nSPS) is 30.6. The van der Waals surface area contributed by atoms with Gasteiger partial charge in [-0.25, -0.2) is 4.79 Å². The lowest BCUT2D eigenvalue weighted by Crippen LogP contribution is -2.57. The van der Waals surface area contributed by atoms with Crippen LogP contribution in [0, 0.1) is 11.8 Å². The van der Waals surface area contributed by atoms with E-state index in [9.17, 15) is 14.4 Å². The van der Waals surface area contributed by atoms with E-state index in [1.807, 2.05) is 6.07 Å². The standard InChI is InChI=1S/C23H28N2O5/c1-4-14-11-25-9-8-23(19(25)10-16(14)17(13-29-2)22(28)30-3)21(27)20-15(12-26)6-5-7-18(20)24-23/h5-7,12-14,16,19,24H,4,8-11H2,1-3H3/b17-13+/t14-,16+,19+,23+/m1/s1. The fourth-order valence-electron chi connectivity index (χ4n) is 5.67. The molecule has 0 radical (unpaired) electrons. The molecule has 160 valence electrons. The number of piperidine rings is 1. The van der Waals surface area contributed by atoms with Crippen LogP contribution < -0.4 is 5.32 Å². The molecular weight excluding hydrogens is 384 g/mol. The van der Waals surface area contributed by atoms with Crippen LogP contribution >= 0.6 is 0 Å². The molecular formula is C23H28N2O5. The highest BCUT2D eigenvalue weighted by Crippen LogP contribution is 2.49. The Hall–Kier alpha value is -2.67. The maximum Gasteiger partial charge on any atom is 0.337 e. The maximum absolute atomic E-state index is 13.6. The smallest absolute Gasteiger partial charge is 0.337 e. The molecule has 4 rings (SSSR count). The summed E-state index contributed by atoms with van der Waals surface area (Å²) in [7, 11) is 2.90. The summed E-state index contributed by atoms with van der Waals surface area (Å²) in [5, 5.41) is 3.48. The van der Waals surface area contributed by atoms with E-state index in [0.717, 1.165) is 31.5 Å². The molecule has 0 bridgehead atoms. The fraction of sp³-hybridized carbons (Fsp3) is 0.522. The molecule has 1 spiro atoms. The minimum absolute atomic E-state index is 0.0169. The van der Waals surface area contributed by atoms with Crippen molar-refractivity contribution in [2.24, 2.45) is 11.8 Å². The molecule has 7 heteroatoms. The zero-order valence-electron chi connectivity index (χ0n) is 17.6. The van der Waals surface area contributed by atoms with Gasteiger partial charge in [0, 0.05) is 30.4 Å². The first-order valence-electron chi connectivity index (χ1n) is 10.5. The van der Waals surface area contributed by atoms with Gasteiger partial charge in [-0.3, -0.25) is 14.5 Å². The van der Waals surface area contributed by atoms with E-state index in [1.165, 1.54) is 20.5 Å². The van der Waals surface area contributed by atoms with Crippen molar-refractivity contribution in [1.82, 2.24) is 4.90 Å². The summed E-state index contributed by atoms with van der Waals surface area (Å²) in [6.45, 7) is 3.73. The third kappa shape index (κ3) is 2.95. The quantitative estimate of drug-likeness (QED) is 0.344. The Bertz CT molecular complexity index is 911. The van der Waals surface area contributed by atoms with Crippen molar-refractivity contribution in [3.63, 3.8) is 0 Å². The van der Waals surface area contributed by atoms with Crippen LogP contribution in [-0.2, 0) is 14.3 Å². The third-order valence-electron chi connectivity index (χ3n) is 7.12. The Balaban J connectivity index is 1.71. The van der Waals surface area contributed by atoms with Crippen LogP contribution in [0.2, 0.25) is 0 Å². The summed E-state index contributed by atoms with van der Waals surface area (Å²) in [5.41, 5.74) is 1.39. The molecule has 2 fully saturated rings. The van der Waals surface area contributed by atoms with Crippen LogP contribution in [0.4, 0.5) is 5.69 Å². The number of nitrogens with one attached hydrogen (secondary N) is 1. The number of Topliss-reactive ketones (excluding diaryl/α,β-unsaturated/α-hetero) is 1. The zero-order valence-corrected chi connectivity index (χ0v) is 17.6. The lowest BCUT2D eigenvalue weighted by molar-refractivity contribution is -0.137. The predicted molar refractivity (Wildman–Crippen MR) is 111 cm³/mol. The van der Waals surface area contributed by atoms with Gasteiger partial charge in [-0.2, -0.15) is 0 Å². The van der Waals surface area contributed by atoms with Gasteiger partial charge in [0.25, 0.3) is 0 Å². The molecule has 2 saturated heterocycles. The van der Waals surface area contributed by atoms with Gasteiger partial charge in [-0.15, -0.1) is 0 Å². The minimum atomic E-state index is -0.771. The van der Waals surface area contributed by atoms with E-state index in [0.29, 0.717) is 29.5 Å². The lowest BCUT2D eigenvalue weighted by atomic mass is 9.72. The number of methoxy groups -OCH3 is 2. The average Bonchev–Trinajstić information content (AvgIpc) is 3.28. The Morgan fingerprint density at radius 2 is 2.17 bits per heavy atom. The van der Waals surface area contributed by atoms with Crippen molar-refractivity contribution in [3.8, 4) is 0 Å². The van der Waals surface area contributed by atoms with E-state index in [1.54, 1.807) is 12.1 Å². The second-order valence-corrected chi connectivity index (χ2v) is 8.38. The van der Waals surface area contributed by atoms with E-state index in [2.05, 4.69) is 17.1 Å². The summed E-state index contributed by atoms with van der Waals surface area (Å²) in [6, 6.07) is 5.26. The topological polar surface area (TPSA) is 84.9 Å². The van der Waals surface area contributed by atoms with Crippen LogP contribution in [0.1, 0.15) is 46.9 Å². The fourth-order valence-corrected chi connectivity index (χ4v) is 5.67. The number of ether oxygens (including phenoxy) is 2. The van der Waals surface area contributed by atoms with Crippen molar-refractivity contribution in [3.05, 3.63) is 41.2 Å². The van der Waals surface area contributed by atoms with E-state index < -0.39 is 11.5 Å². The van der Waals surface area contributed by atoms with Gasteiger partial charge >= 0.3 is 5.97 Å². The number of benzene rings is 1. The second kappa shape index (κ2) is 7.87. The summed E-state index contributed by atoms with van der Waals surface area (Å²) < 4.78 is 10.2. The highest BCUT2D eigenvalue weighted by Gasteiger charge is 2.59. The maximum atomic E-state index is 13.6. The first kappa shape index (κ1) is 20.6. The number of fused-ring (bicyclic) bond motifs is 3. The molecule has 3 aliphatic heterocycles. The molecule has 0 aliphatic carbocycles. The minimum Gasteiger partial charge on any atom is -0.504 e. The van der Waals surface area contributed by atoms with Crippen LogP contribution in [0.15, 0.2) is 30.0 Å². The van der Waals surface area contributed by atoms with E-state index >= 15 is 0 Å². The summed E-state index contributed by atoms with van der Waals surface area (Å²) in [6.07, 6.45) is 4.47. The first-order chi connectivity index (χ1) is 14.5. The van der Waals surface area contributed by atoms with Crippen LogP contribution in [-0.4, -0.2) is 61.8 Å². The number of nitrogens with zero attached hydrogens (tertiary/aromatic N) is 1. The van der Waals surface area contributed by atoms with Gasteiger partial charge in [-0.1, -0.05) is 25.5 Å². The van der Waals surface area contributed by atoms with Gasteiger partial charge in [0.2, 0.25) is 0 Å². The number of carbonyl (C=O) groups is 3. The number of ketones is 1. The van der Waals surface area contributed by atoms with Crippen molar-refractivity contribution in [2.75, 3.05) is 32.6 Å². The molecule has 7 nitrogen and oxygen atoms in total. The molecule has 3 heterocycles. The van der Waals surface area contributed by atoms with E-state index in [-0.39, 0.29) is 23.7 Å². The Kier molecular flexibility index (Phi) is 5.40. The van der Waals surface area contributed by atoms with Crippen LogP contribution in [0.5, 0.6) is 0 Å². The Morgan fingerprint density at radius 3 is 2.83 bits per heavy atom. The largest absolute Gasteiger partial charge is 0.504 e. The van der Waals surface area contributed by atoms with Crippen LogP contribution in [0.25, 0.3) is 0 Å². The van der Waals surface area contributed by atoms with Crippen molar-refractivity contribution < 1.29 is 23.9 Å². The molecule has 0 saturated carbocycles. The number of rotatable bonds is 5. The van der Waals surface area contributed by atoms with Gasteiger partial charge in [0.05, 0.1) is 31.6 Å². The molecule has 1 aromatic rings. The molecule has 3 aliphatic rings. The lowest BCUT2D eigenvalue weighted by Gasteiger charge is -2.45. The predicted octanol–water partition coefficient (Wildman–Crippen LogP) is 2.67. The number of aldehydes is 1. The summed E-state index contributed by atoms with van der Waals surface area (Å²) >= 11 is 0. The first-order valence-corrected chi connectivity index (χ1v) is 10.5. The van der Waals surface area contributed by atoms with Crippen molar-refractivity contribution >= 4 is 23.7 Å². The van der Waals surface area contributed by atoms with Gasteiger partial charge in [-0.05, 0) is 30.7 Å². The van der Waals surface area contributed by atoms with Crippen LogP contribution in [0.3, 0.4) is 0 Å². The zero-order chi connectivity index (χ0) is 21.5. The monoisotopic (exact) mass is 412 g/mol. The number of esters is 1. The molecule has 0 unspecified atom stereocenters. The van der Waals surface area contributed by atoms with Gasteiger partial charge < -0.3 is 14.8 Å². The molecule has 30 heavy (non-hydrogen) atoms. The number of hydrogen-bond donors (Lipinski definition) is 1. The molecule has 1 N–H and O–H groups in total. The molecule has 0 amide bonds. The molecule has 4 atom stereocenters. The van der Waals surface area contributed by atoms with Crippen molar-refractivity contribution in [2.45, 2.75) is 37.8 Å². The molecule has 0 aromatic heterocycles. The summed E-state index contributed by atoms with van der Waals surface area (Å²) in [4.78, 5) is 40.0. The van der Waals surface area contributed by atoms with Gasteiger partial charge in [0.1, 0.15) is 5.54 Å². The highest BCUT2D eigenvalue weighted by atomic mass is 16.5. The Morgan fingerprint density at radius 1 is 1.37 bits per heavy atom. The third-order valence-corrected chi connectivity index (χ3v) is 7.12. The van der Waals surface area contributed by atoms with E-state index in [4.69, 9.17) is 9.47 Å². The second-order valence-electron chi connectivity index (χ2n) is 8.38. The van der Waals surface area contributed by atoms with Crippen molar-refractivity contribution in [1.29, 1.82) is 0 Å². The number of carbonyl (C=O) groups excluding carboxylic acids is 3. The Labute approximate surface area is 176 Å². The molecule has 1 aromatic carbocycles. The summed E-state index contributed by atoms with van der Waals surface area (Å²) in [5.74, 6) is -0.210. The van der Waals surface area contributed by atoms with Gasteiger partial charge in [0.15, 0.2) is 12.1 Å². The SMILES string of the molecule is CC[C@@H]1CN2CC[C@]3(Nc4cccc(C=O)c4C3=O)[C@@H]2C[C@@H]1/C(=C\OC)C(=O)OC. The average molecular weight is 412 g/mol. The number of hydrogen-bond acceptors (Lipinski definition) is 7. The highest BCUT2D eigenvalue weighted by molar-refractivity contribution is 6.18. The number of anilines is 1.